The highest BCUT2D eigenvalue weighted by Crippen LogP contribution is 2.34. The van der Waals surface area contributed by atoms with E-state index in [4.69, 9.17) is 14.5 Å². The van der Waals surface area contributed by atoms with Crippen molar-refractivity contribution in [2.45, 2.75) is 65.6 Å². The molecule has 0 amide bonds. The molecule has 0 bridgehead atoms. The van der Waals surface area contributed by atoms with Crippen molar-refractivity contribution < 1.29 is 9.47 Å². The Morgan fingerprint density at radius 3 is 2.21 bits per heavy atom. The maximum absolute atomic E-state index is 5.67. The van der Waals surface area contributed by atoms with E-state index in [1.165, 1.54) is 35.2 Å². The summed E-state index contributed by atoms with van der Waals surface area (Å²) in [6.07, 6.45) is 5.87. The average molecular weight is 510 g/mol. The lowest BCUT2D eigenvalue weighted by Gasteiger charge is -2.24. The summed E-state index contributed by atoms with van der Waals surface area (Å²) < 4.78 is 13.7. The fourth-order valence-electron chi connectivity index (χ4n) is 5.15. The Morgan fingerprint density at radius 2 is 1.47 bits per heavy atom. The third kappa shape index (κ3) is 6.11. The predicted molar refractivity (Wildman–Crippen MR) is 154 cm³/mol. The largest absolute Gasteiger partial charge is 0.454 e. The van der Waals surface area contributed by atoms with Gasteiger partial charge in [-0.1, -0.05) is 99.8 Å². The van der Waals surface area contributed by atoms with E-state index in [-0.39, 0.29) is 0 Å². The summed E-state index contributed by atoms with van der Waals surface area (Å²) in [6, 6.07) is 27.6. The van der Waals surface area contributed by atoms with Crippen LogP contribution in [-0.4, -0.2) is 27.8 Å². The standard InChI is InChI=1S/C33H39N3O2/c1-3-5-13-21-36-29(24-35(20-6-4-2)23-26-18-19-30-31(22-26)38-25-37-30)32(27-14-9-7-10-15-27)34-33(36)28-16-11-8-12-17-28/h7-12,14-19,22H,3-6,13,20-21,23-25H2,1-2H3. The Morgan fingerprint density at radius 1 is 0.763 bits per heavy atom. The topological polar surface area (TPSA) is 39.5 Å². The summed E-state index contributed by atoms with van der Waals surface area (Å²) in [6.45, 7) is 8.52. The molecule has 1 aromatic heterocycles. The lowest BCUT2D eigenvalue weighted by Crippen LogP contribution is -2.26. The van der Waals surface area contributed by atoms with Crippen LogP contribution in [0.2, 0.25) is 0 Å². The summed E-state index contributed by atoms with van der Waals surface area (Å²) in [7, 11) is 0. The quantitative estimate of drug-likeness (QED) is 0.172. The van der Waals surface area contributed by atoms with Crippen molar-refractivity contribution in [3.63, 3.8) is 0 Å². The van der Waals surface area contributed by atoms with E-state index in [0.29, 0.717) is 6.79 Å². The van der Waals surface area contributed by atoms with Crippen molar-refractivity contribution >= 4 is 0 Å². The van der Waals surface area contributed by atoms with Crippen molar-refractivity contribution in [1.29, 1.82) is 0 Å². The number of unbranched alkanes of at least 4 members (excludes halogenated alkanes) is 3. The number of benzene rings is 3. The second kappa shape index (κ2) is 12.8. The van der Waals surface area contributed by atoms with Gasteiger partial charge in [-0.15, -0.1) is 0 Å². The number of aromatic nitrogens is 2. The van der Waals surface area contributed by atoms with Crippen molar-refractivity contribution in [1.82, 2.24) is 14.5 Å². The molecule has 4 aromatic rings. The third-order valence-electron chi connectivity index (χ3n) is 7.18. The van der Waals surface area contributed by atoms with Gasteiger partial charge in [-0.3, -0.25) is 4.90 Å². The number of rotatable bonds is 13. The lowest BCUT2D eigenvalue weighted by atomic mass is 10.1. The van der Waals surface area contributed by atoms with Gasteiger partial charge in [0, 0.05) is 30.8 Å². The van der Waals surface area contributed by atoms with Gasteiger partial charge in [0.2, 0.25) is 6.79 Å². The predicted octanol–water partition coefficient (Wildman–Crippen LogP) is 7.94. The van der Waals surface area contributed by atoms with Crippen LogP contribution in [0.15, 0.2) is 78.9 Å². The highest BCUT2D eigenvalue weighted by molar-refractivity contribution is 5.68. The van der Waals surface area contributed by atoms with Gasteiger partial charge in [0.25, 0.3) is 0 Å². The Labute approximate surface area is 227 Å². The lowest BCUT2D eigenvalue weighted by molar-refractivity contribution is 0.174. The first-order valence-electron chi connectivity index (χ1n) is 14.1. The number of nitrogens with zero attached hydrogens (tertiary/aromatic N) is 3. The second-order valence-corrected chi connectivity index (χ2v) is 10.1. The smallest absolute Gasteiger partial charge is 0.231 e. The highest BCUT2D eigenvalue weighted by atomic mass is 16.7. The Hall–Kier alpha value is -3.57. The molecular formula is C33H39N3O2. The molecule has 0 aliphatic carbocycles. The van der Waals surface area contributed by atoms with Gasteiger partial charge in [-0.2, -0.15) is 0 Å². The van der Waals surface area contributed by atoms with Gasteiger partial charge in [0.1, 0.15) is 5.82 Å². The SMILES string of the molecule is CCCCCn1c(-c2ccccc2)nc(-c2ccccc2)c1CN(CCCC)Cc1ccc2c(c1)OCO2. The van der Waals surface area contributed by atoms with E-state index in [9.17, 15) is 0 Å². The van der Waals surface area contributed by atoms with Gasteiger partial charge >= 0.3 is 0 Å². The summed E-state index contributed by atoms with van der Waals surface area (Å²) in [5.41, 5.74) is 5.97. The number of hydrogen-bond donors (Lipinski definition) is 0. The number of fused-ring (bicyclic) bond motifs is 1. The molecule has 198 valence electrons. The minimum absolute atomic E-state index is 0.304. The fourth-order valence-corrected chi connectivity index (χ4v) is 5.15. The van der Waals surface area contributed by atoms with Gasteiger partial charge in [0.05, 0.1) is 11.4 Å². The number of hydrogen-bond acceptors (Lipinski definition) is 4. The van der Waals surface area contributed by atoms with Gasteiger partial charge < -0.3 is 14.0 Å². The molecule has 0 radical (unpaired) electrons. The zero-order valence-corrected chi connectivity index (χ0v) is 22.7. The first-order chi connectivity index (χ1) is 18.8. The third-order valence-corrected chi connectivity index (χ3v) is 7.18. The van der Waals surface area contributed by atoms with Crippen LogP contribution in [0.25, 0.3) is 22.6 Å². The maximum atomic E-state index is 5.67. The molecule has 0 saturated carbocycles. The monoisotopic (exact) mass is 509 g/mol. The molecule has 38 heavy (non-hydrogen) atoms. The molecule has 0 saturated heterocycles. The molecule has 1 aliphatic heterocycles. The molecule has 0 unspecified atom stereocenters. The molecule has 5 nitrogen and oxygen atoms in total. The van der Waals surface area contributed by atoms with E-state index in [0.717, 1.165) is 68.5 Å². The average Bonchev–Trinajstić information content (AvgIpc) is 3.57. The van der Waals surface area contributed by atoms with Crippen molar-refractivity contribution in [3.05, 3.63) is 90.1 Å². The van der Waals surface area contributed by atoms with Crippen LogP contribution in [0.3, 0.4) is 0 Å². The zero-order chi connectivity index (χ0) is 26.2. The summed E-state index contributed by atoms with van der Waals surface area (Å²) in [5, 5.41) is 0. The van der Waals surface area contributed by atoms with E-state index in [1.54, 1.807) is 0 Å². The van der Waals surface area contributed by atoms with Crippen LogP contribution in [-0.2, 0) is 19.6 Å². The van der Waals surface area contributed by atoms with E-state index in [2.05, 4.69) is 96.1 Å². The van der Waals surface area contributed by atoms with Crippen LogP contribution in [0.4, 0.5) is 0 Å². The van der Waals surface area contributed by atoms with Crippen molar-refractivity contribution in [2.75, 3.05) is 13.3 Å². The Kier molecular flexibility index (Phi) is 8.77. The van der Waals surface area contributed by atoms with Crippen LogP contribution in [0.1, 0.15) is 57.2 Å². The minimum Gasteiger partial charge on any atom is -0.454 e. The molecule has 0 fully saturated rings. The van der Waals surface area contributed by atoms with Crippen LogP contribution in [0.5, 0.6) is 11.5 Å². The molecule has 3 aromatic carbocycles. The minimum atomic E-state index is 0.304. The maximum Gasteiger partial charge on any atom is 0.231 e. The van der Waals surface area contributed by atoms with Gasteiger partial charge in [-0.05, 0) is 37.1 Å². The molecule has 0 spiro atoms. The molecule has 2 heterocycles. The number of imidazole rings is 1. The Balaban J connectivity index is 1.55. The van der Waals surface area contributed by atoms with Crippen LogP contribution in [0, 0.1) is 0 Å². The fraction of sp³-hybridized carbons (Fsp3) is 0.364. The van der Waals surface area contributed by atoms with E-state index in [1.807, 2.05) is 6.07 Å². The molecule has 5 heteroatoms. The zero-order valence-electron chi connectivity index (χ0n) is 22.7. The van der Waals surface area contributed by atoms with Gasteiger partial charge in [0.15, 0.2) is 11.5 Å². The highest BCUT2D eigenvalue weighted by Gasteiger charge is 2.22. The molecule has 0 N–H and O–H groups in total. The van der Waals surface area contributed by atoms with E-state index >= 15 is 0 Å². The summed E-state index contributed by atoms with van der Waals surface area (Å²) in [5.74, 6) is 2.75. The second-order valence-electron chi connectivity index (χ2n) is 10.1. The summed E-state index contributed by atoms with van der Waals surface area (Å²) >= 11 is 0. The first kappa shape index (κ1) is 26.1. The molecule has 5 rings (SSSR count). The van der Waals surface area contributed by atoms with E-state index < -0.39 is 0 Å². The summed E-state index contributed by atoms with van der Waals surface area (Å²) in [4.78, 5) is 7.88. The Bertz CT molecular complexity index is 1300. The van der Waals surface area contributed by atoms with Crippen LogP contribution < -0.4 is 9.47 Å². The number of ether oxygens (including phenoxy) is 2. The molecule has 0 atom stereocenters. The van der Waals surface area contributed by atoms with Crippen molar-refractivity contribution in [3.8, 4) is 34.1 Å². The molecule has 1 aliphatic rings. The van der Waals surface area contributed by atoms with Gasteiger partial charge in [-0.25, -0.2) is 4.98 Å². The molecular weight excluding hydrogens is 470 g/mol. The first-order valence-corrected chi connectivity index (χ1v) is 14.1. The van der Waals surface area contributed by atoms with Crippen molar-refractivity contribution in [2.24, 2.45) is 0 Å². The van der Waals surface area contributed by atoms with Crippen LogP contribution >= 0.6 is 0 Å². The normalized spacial score (nSPS) is 12.4.